The normalized spacial score (nSPS) is 11.2. The lowest BCUT2D eigenvalue weighted by Gasteiger charge is -2.24. The number of likely N-dealkylation sites (N-methyl/N-ethyl adjacent to an activating group) is 1. The van der Waals surface area contributed by atoms with Crippen LogP contribution in [0.15, 0.2) is 60.7 Å². The maximum Gasteiger partial charge on any atom is 0.0237 e. The Bertz CT molecular complexity index is 438. The van der Waals surface area contributed by atoms with Gasteiger partial charge in [-0.1, -0.05) is 60.7 Å². The molecule has 0 spiro atoms. The van der Waals surface area contributed by atoms with E-state index in [1.807, 2.05) is 0 Å². The lowest BCUT2D eigenvalue weighted by molar-refractivity contribution is 0.226. The molecule has 0 fully saturated rings. The van der Waals surface area contributed by atoms with Crippen molar-refractivity contribution in [2.75, 3.05) is 27.2 Å². The fourth-order valence-electron chi connectivity index (χ4n) is 2.24. The van der Waals surface area contributed by atoms with Crippen LogP contribution < -0.4 is 0 Å². The lowest BCUT2D eigenvalue weighted by Crippen LogP contribution is -2.31. The second-order valence-electron chi connectivity index (χ2n) is 5.49. The van der Waals surface area contributed by atoms with Gasteiger partial charge in [-0.25, -0.2) is 0 Å². The zero-order valence-corrected chi connectivity index (χ0v) is 12.5. The molecular formula is C18H24N2. The van der Waals surface area contributed by atoms with Crippen LogP contribution in [0.3, 0.4) is 0 Å². The summed E-state index contributed by atoms with van der Waals surface area (Å²) in [6, 6.07) is 21.4. The van der Waals surface area contributed by atoms with Crippen LogP contribution in [0.5, 0.6) is 0 Å². The summed E-state index contributed by atoms with van der Waals surface area (Å²) >= 11 is 0. The molecule has 0 amide bonds. The molecule has 0 unspecified atom stereocenters. The fourth-order valence-corrected chi connectivity index (χ4v) is 2.24. The van der Waals surface area contributed by atoms with E-state index in [1.54, 1.807) is 0 Å². The van der Waals surface area contributed by atoms with Crippen LogP contribution in [0.2, 0.25) is 0 Å². The Labute approximate surface area is 122 Å². The summed E-state index contributed by atoms with van der Waals surface area (Å²) in [5.74, 6) is 0. The molecule has 0 atom stereocenters. The predicted octanol–water partition coefficient (Wildman–Crippen LogP) is 3.25. The molecule has 20 heavy (non-hydrogen) atoms. The van der Waals surface area contributed by atoms with E-state index in [2.05, 4.69) is 84.6 Å². The highest BCUT2D eigenvalue weighted by Crippen LogP contribution is 2.09. The molecule has 0 radical (unpaired) electrons. The third-order valence-corrected chi connectivity index (χ3v) is 3.36. The van der Waals surface area contributed by atoms with Crippen molar-refractivity contribution in [2.45, 2.75) is 13.1 Å². The van der Waals surface area contributed by atoms with E-state index in [0.717, 1.165) is 26.2 Å². The van der Waals surface area contributed by atoms with Gasteiger partial charge in [0, 0.05) is 26.2 Å². The third-order valence-electron chi connectivity index (χ3n) is 3.36. The zero-order chi connectivity index (χ0) is 14.2. The monoisotopic (exact) mass is 268 g/mol. The number of hydrogen-bond donors (Lipinski definition) is 0. The van der Waals surface area contributed by atoms with Crippen LogP contribution in [-0.2, 0) is 13.1 Å². The Balaban J connectivity index is 2.00. The average molecular weight is 268 g/mol. The minimum absolute atomic E-state index is 1.00. The summed E-state index contributed by atoms with van der Waals surface area (Å²) in [5.41, 5.74) is 2.75. The van der Waals surface area contributed by atoms with E-state index in [9.17, 15) is 0 Å². The van der Waals surface area contributed by atoms with Gasteiger partial charge in [0.2, 0.25) is 0 Å². The molecule has 0 N–H and O–H groups in total. The van der Waals surface area contributed by atoms with Crippen LogP contribution in [0, 0.1) is 0 Å². The number of rotatable bonds is 7. The van der Waals surface area contributed by atoms with E-state index >= 15 is 0 Å². The zero-order valence-electron chi connectivity index (χ0n) is 12.5. The highest BCUT2D eigenvalue weighted by atomic mass is 15.2. The molecule has 0 heterocycles. The lowest BCUT2D eigenvalue weighted by atomic mass is 10.1. The second-order valence-corrected chi connectivity index (χ2v) is 5.49. The first-order valence-corrected chi connectivity index (χ1v) is 7.19. The molecule has 2 rings (SSSR count). The van der Waals surface area contributed by atoms with E-state index in [-0.39, 0.29) is 0 Å². The van der Waals surface area contributed by atoms with Gasteiger partial charge < -0.3 is 4.90 Å². The van der Waals surface area contributed by atoms with Gasteiger partial charge in [0.05, 0.1) is 0 Å². The summed E-state index contributed by atoms with van der Waals surface area (Å²) in [6.07, 6.45) is 0. The van der Waals surface area contributed by atoms with Crippen molar-refractivity contribution >= 4 is 0 Å². The molecule has 106 valence electrons. The first-order valence-electron chi connectivity index (χ1n) is 7.19. The van der Waals surface area contributed by atoms with Gasteiger partial charge in [-0.05, 0) is 25.2 Å². The van der Waals surface area contributed by atoms with Gasteiger partial charge in [-0.15, -0.1) is 0 Å². The largest absolute Gasteiger partial charge is 0.308 e. The van der Waals surface area contributed by atoms with E-state index in [0.29, 0.717) is 0 Å². The van der Waals surface area contributed by atoms with Crippen molar-refractivity contribution in [3.63, 3.8) is 0 Å². The second kappa shape index (κ2) is 7.83. The summed E-state index contributed by atoms with van der Waals surface area (Å²) in [6.45, 7) is 4.17. The summed E-state index contributed by atoms with van der Waals surface area (Å²) < 4.78 is 0. The molecule has 2 aromatic carbocycles. The summed E-state index contributed by atoms with van der Waals surface area (Å²) in [4.78, 5) is 4.74. The smallest absolute Gasteiger partial charge is 0.0237 e. The molecule has 0 aliphatic rings. The number of nitrogens with zero attached hydrogens (tertiary/aromatic N) is 2. The summed E-state index contributed by atoms with van der Waals surface area (Å²) in [5, 5.41) is 0. The standard InChI is InChI=1S/C18H24N2/c1-19(2)13-14-20(15-17-9-5-3-6-10-17)16-18-11-7-4-8-12-18/h3-12H,13-16H2,1-2H3. The minimum atomic E-state index is 1.00. The Morgan fingerprint density at radius 1 is 0.650 bits per heavy atom. The highest BCUT2D eigenvalue weighted by molar-refractivity contribution is 5.17. The maximum atomic E-state index is 2.50. The molecule has 0 saturated carbocycles. The maximum absolute atomic E-state index is 2.50. The van der Waals surface area contributed by atoms with Crippen LogP contribution in [0.4, 0.5) is 0 Å². The molecule has 2 nitrogen and oxygen atoms in total. The first kappa shape index (κ1) is 14.8. The fraction of sp³-hybridized carbons (Fsp3) is 0.333. The number of hydrogen-bond acceptors (Lipinski definition) is 2. The van der Waals surface area contributed by atoms with Crippen LogP contribution in [0.1, 0.15) is 11.1 Å². The van der Waals surface area contributed by atoms with Crippen molar-refractivity contribution in [1.82, 2.24) is 9.80 Å². The van der Waals surface area contributed by atoms with Crippen LogP contribution >= 0.6 is 0 Å². The molecule has 0 bridgehead atoms. The molecule has 0 aliphatic heterocycles. The molecule has 0 saturated heterocycles. The molecular weight excluding hydrogens is 244 g/mol. The Hall–Kier alpha value is -1.64. The van der Waals surface area contributed by atoms with E-state index in [4.69, 9.17) is 0 Å². The third kappa shape index (κ3) is 5.16. The Morgan fingerprint density at radius 3 is 1.50 bits per heavy atom. The SMILES string of the molecule is CN(C)CCN(Cc1ccccc1)Cc1ccccc1. The molecule has 0 aromatic heterocycles. The topological polar surface area (TPSA) is 6.48 Å². The predicted molar refractivity (Wildman–Crippen MR) is 85.6 cm³/mol. The van der Waals surface area contributed by atoms with E-state index in [1.165, 1.54) is 11.1 Å². The van der Waals surface area contributed by atoms with Gasteiger partial charge in [0.1, 0.15) is 0 Å². The Morgan fingerprint density at radius 2 is 1.10 bits per heavy atom. The van der Waals surface area contributed by atoms with Crippen molar-refractivity contribution in [1.29, 1.82) is 0 Å². The van der Waals surface area contributed by atoms with Crippen molar-refractivity contribution in [2.24, 2.45) is 0 Å². The van der Waals surface area contributed by atoms with Gasteiger partial charge in [0.25, 0.3) is 0 Å². The van der Waals surface area contributed by atoms with Gasteiger partial charge >= 0.3 is 0 Å². The summed E-state index contributed by atoms with van der Waals surface area (Å²) in [7, 11) is 4.26. The Kier molecular flexibility index (Phi) is 5.78. The quantitative estimate of drug-likeness (QED) is 0.760. The molecule has 2 aromatic rings. The first-order chi connectivity index (χ1) is 9.74. The van der Waals surface area contributed by atoms with Gasteiger partial charge in [-0.3, -0.25) is 4.90 Å². The van der Waals surface area contributed by atoms with Crippen LogP contribution in [-0.4, -0.2) is 37.0 Å². The minimum Gasteiger partial charge on any atom is -0.308 e. The van der Waals surface area contributed by atoms with Gasteiger partial charge in [-0.2, -0.15) is 0 Å². The van der Waals surface area contributed by atoms with Crippen molar-refractivity contribution < 1.29 is 0 Å². The van der Waals surface area contributed by atoms with Gasteiger partial charge in [0.15, 0.2) is 0 Å². The van der Waals surface area contributed by atoms with Crippen molar-refractivity contribution in [3.8, 4) is 0 Å². The highest BCUT2D eigenvalue weighted by Gasteiger charge is 2.07. The molecule has 0 aliphatic carbocycles. The van der Waals surface area contributed by atoms with E-state index < -0.39 is 0 Å². The number of benzene rings is 2. The van der Waals surface area contributed by atoms with Crippen molar-refractivity contribution in [3.05, 3.63) is 71.8 Å². The average Bonchev–Trinajstić information content (AvgIpc) is 2.47. The van der Waals surface area contributed by atoms with Crippen LogP contribution in [0.25, 0.3) is 0 Å². The molecule has 2 heteroatoms.